The number of unbranched alkanes of at least 4 members (excludes halogenated alkanes) is 1. The molecule has 0 N–H and O–H groups in total. The molecule has 0 aromatic heterocycles. The van der Waals surface area contributed by atoms with E-state index in [1.807, 2.05) is 53.4 Å². The van der Waals surface area contributed by atoms with Gasteiger partial charge in [-0.05, 0) is 41.8 Å². The van der Waals surface area contributed by atoms with E-state index in [1.165, 1.54) is 0 Å². The minimum atomic E-state index is -0.402. The van der Waals surface area contributed by atoms with Crippen LogP contribution in [-0.4, -0.2) is 49.4 Å². The van der Waals surface area contributed by atoms with E-state index >= 15 is 0 Å². The summed E-state index contributed by atoms with van der Waals surface area (Å²) in [5.74, 6) is 1.17. The van der Waals surface area contributed by atoms with E-state index in [-0.39, 0.29) is 24.3 Å². The molecule has 0 radical (unpaired) electrons. The second kappa shape index (κ2) is 10.3. The Balaban J connectivity index is 1.82. The largest absolute Gasteiger partial charge is 0.497 e. The Morgan fingerprint density at radius 1 is 1.03 bits per heavy atom. The molecule has 1 aliphatic heterocycles. The second-order valence-electron chi connectivity index (χ2n) is 8.01. The summed E-state index contributed by atoms with van der Waals surface area (Å²) in [6.07, 6.45) is 2.16. The number of likely N-dealkylation sites (tertiary alicyclic amines) is 1. The van der Waals surface area contributed by atoms with Crippen LogP contribution in [0.15, 0.2) is 48.5 Å². The first kappa shape index (κ1) is 22.7. The summed E-state index contributed by atoms with van der Waals surface area (Å²) in [7, 11) is 5.06. The van der Waals surface area contributed by atoms with Gasteiger partial charge in [-0.2, -0.15) is 0 Å². The van der Waals surface area contributed by atoms with Crippen molar-refractivity contribution in [1.82, 2.24) is 9.80 Å². The molecule has 0 bridgehead atoms. The average molecular weight is 425 g/mol. The van der Waals surface area contributed by atoms with Gasteiger partial charge in [0.2, 0.25) is 11.8 Å². The SMILES string of the molecule is CCCCN1C(=O)CC(C(=O)N(C)Cc2ccc(OC)cc2)C1c1ccc(OC)cc1. The highest BCUT2D eigenvalue weighted by molar-refractivity contribution is 5.90. The maximum absolute atomic E-state index is 13.4. The summed E-state index contributed by atoms with van der Waals surface area (Å²) < 4.78 is 10.5. The number of nitrogens with zero attached hydrogens (tertiary/aromatic N) is 2. The smallest absolute Gasteiger partial charge is 0.228 e. The van der Waals surface area contributed by atoms with Crippen molar-refractivity contribution in [1.29, 1.82) is 0 Å². The van der Waals surface area contributed by atoms with Crippen molar-refractivity contribution in [3.8, 4) is 11.5 Å². The quantitative estimate of drug-likeness (QED) is 0.609. The molecule has 1 saturated heterocycles. The molecule has 166 valence electrons. The van der Waals surface area contributed by atoms with Gasteiger partial charge in [0.1, 0.15) is 11.5 Å². The Morgan fingerprint density at radius 2 is 1.61 bits per heavy atom. The molecule has 1 fully saturated rings. The van der Waals surface area contributed by atoms with Crippen molar-refractivity contribution in [2.45, 2.75) is 38.8 Å². The van der Waals surface area contributed by atoms with Crippen LogP contribution < -0.4 is 9.47 Å². The predicted octanol–water partition coefficient (Wildman–Crippen LogP) is 4.05. The van der Waals surface area contributed by atoms with Crippen molar-refractivity contribution in [2.24, 2.45) is 5.92 Å². The van der Waals surface area contributed by atoms with Crippen LogP contribution in [0.3, 0.4) is 0 Å². The number of benzene rings is 2. The fourth-order valence-corrected chi connectivity index (χ4v) is 4.18. The molecular formula is C25H32N2O4. The molecule has 2 amide bonds. The fraction of sp³-hybridized carbons (Fsp3) is 0.440. The number of carbonyl (C=O) groups excluding carboxylic acids is 2. The zero-order chi connectivity index (χ0) is 22.4. The molecule has 6 nitrogen and oxygen atoms in total. The van der Waals surface area contributed by atoms with E-state index < -0.39 is 5.92 Å². The first-order valence-electron chi connectivity index (χ1n) is 10.8. The van der Waals surface area contributed by atoms with E-state index in [9.17, 15) is 9.59 Å². The van der Waals surface area contributed by atoms with Crippen LogP contribution in [0.1, 0.15) is 43.4 Å². The molecule has 0 saturated carbocycles. The van der Waals surface area contributed by atoms with E-state index in [1.54, 1.807) is 26.2 Å². The number of rotatable bonds is 9. The van der Waals surface area contributed by atoms with Crippen LogP contribution in [-0.2, 0) is 16.1 Å². The van der Waals surface area contributed by atoms with Crippen molar-refractivity contribution >= 4 is 11.8 Å². The minimum Gasteiger partial charge on any atom is -0.497 e. The van der Waals surface area contributed by atoms with Gasteiger partial charge < -0.3 is 19.3 Å². The standard InChI is InChI=1S/C25H32N2O4/c1-5-6-15-27-23(28)16-22(24(27)19-9-13-21(31-4)14-10-19)25(29)26(2)17-18-7-11-20(30-3)12-8-18/h7-14,22,24H,5-6,15-17H2,1-4H3. The summed E-state index contributed by atoms with van der Waals surface area (Å²) in [5.41, 5.74) is 1.99. The van der Waals surface area contributed by atoms with Gasteiger partial charge in [-0.15, -0.1) is 0 Å². The number of hydrogen-bond donors (Lipinski definition) is 0. The van der Waals surface area contributed by atoms with E-state index in [4.69, 9.17) is 9.47 Å². The molecule has 6 heteroatoms. The summed E-state index contributed by atoms with van der Waals surface area (Å²) in [5, 5.41) is 0. The number of hydrogen-bond acceptors (Lipinski definition) is 4. The number of carbonyl (C=O) groups is 2. The van der Waals surface area contributed by atoms with Crippen LogP contribution >= 0.6 is 0 Å². The van der Waals surface area contributed by atoms with Gasteiger partial charge in [-0.1, -0.05) is 37.6 Å². The second-order valence-corrected chi connectivity index (χ2v) is 8.01. The Morgan fingerprint density at radius 3 is 2.16 bits per heavy atom. The number of methoxy groups -OCH3 is 2. The average Bonchev–Trinajstić information content (AvgIpc) is 3.13. The van der Waals surface area contributed by atoms with Crippen LogP contribution in [0.2, 0.25) is 0 Å². The van der Waals surface area contributed by atoms with Crippen LogP contribution in [0, 0.1) is 5.92 Å². The van der Waals surface area contributed by atoms with Crippen LogP contribution in [0.25, 0.3) is 0 Å². The highest BCUT2D eigenvalue weighted by atomic mass is 16.5. The summed E-state index contributed by atoms with van der Waals surface area (Å²) >= 11 is 0. The molecule has 2 unspecified atom stereocenters. The molecule has 2 atom stereocenters. The maximum atomic E-state index is 13.4. The van der Waals surface area contributed by atoms with E-state index in [0.29, 0.717) is 13.1 Å². The summed E-state index contributed by atoms with van der Waals surface area (Å²) in [6.45, 7) is 3.25. The Labute approximate surface area is 184 Å². The lowest BCUT2D eigenvalue weighted by atomic mass is 9.92. The normalized spacial score (nSPS) is 18.2. The van der Waals surface area contributed by atoms with E-state index in [2.05, 4.69) is 6.92 Å². The number of amides is 2. The van der Waals surface area contributed by atoms with Crippen LogP contribution in [0.4, 0.5) is 0 Å². The van der Waals surface area contributed by atoms with Gasteiger partial charge in [-0.25, -0.2) is 0 Å². The van der Waals surface area contributed by atoms with Gasteiger partial charge in [0, 0.05) is 26.6 Å². The third-order valence-corrected chi connectivity index (χ3v) is 5.91. The highest BCUT2D eigenvalue weighted by Gasteiger charge is 2.45. The third-order valence-electron chi connectivity index (χ3n) is 5.91. The first-order valence-corrected chi connectivity index (χ1v) is 10.8. The molecule has 3 rings (SSSR count). The Hall–Kier alpha value is -3.02. The van der Waals surface area contributed by atoms with Gasteiger partial charge in [0.25, 0.3) is 0 Å². The third kappa shape index (κ3) is 5.19. The molecule has 2 aromatic carbocycles. The van der Waals surface area contributed by atoms with Crippen molar-refractivity contribution in [3.05, 3.63) is 59.7 Å². The number of ether oxygens (including phenoxy) is 2. The first-order chi connectivity index (χ1) is 15.0. The Bertz CT molecular complexity index is 879. The molecule has 1 heterocycles. The zero-order valence-electron chi connectivity index (χ0n) is 18.8. The van der Waals surface area contributed by atoms with Crippen LogP contribution in [0.5, 0.6) is 11.5 Å². The minimum absolute atomic E-state index is 0.0102. The summed E-state index contributed by atoms with van der Waals surface area (Å²) in [4.78, 5) is 29.9. The van der Waals surface area contributed by atoms with Gasteiger partial charge >= 0.3 is 0 Å². The highest BCUT2D eigenvalue weighted by Crippen LogP contribution is 2.40. The molecule has 2 aromatic rings. The fourth-order valence-electron chi connectivity index (χ4n) is 4.18. The van der Waals surface area contributed by atoms with Crippen molar-refractivity contribution in [3.63, 3.8) is 0 Å². The maximum Gasteiger partial charge on any atom is 0.228 e. The molecule has 1 aliphatic rings. The van der Waals surface area contributed by atoms with Crippen molar-refractivity contribution in [2.75, 3.05) is 27.8 Å². The van der Waals surface area contributed by atoms with Gasteiger partial charge in [0.15, 0.2) is 0 Å². The molecule has 31 heavy (non-hydrogen) atoms. The summed E-state index contributed by atoms with van der Waals surface area (Å²) in [6, 6.07) is 15.1. The lowest BCUT2D eigenvalue weighted by molar-refractivity contribution is -0.135. The predicted molar refractivity (Wildman–Crippen MR) is 120 cm³/mol. The van der Waals surface area contributed by atoms with E-state index in [0.717, 1.165) is 35.5 Å². The van der Waals surface area contributed by atoms with Gasteiger partial charge in [-0.3, -0.25) is 9.59 Å². The molecule has 0 aliphatic carbocycles. The lowest BCUT2D eigenvalue weighted by Crippen LogP contribution is -2.37. The monoisotopic (exact) mass is 424 g/mol. The van der Waals surface area contributed by atoms with Crippen molar-refractivity contribution < 1.29 is 19.1 Å². The topological polar surface area (TPSA) is 59.1 Å². The Kier molecular flexibility index (Phi) is 7.55. The molecule has 0 spiro atoms. The zero-order valence-corrected chi connectivity index (χ0v) is 18.8. The molecular weight excluding hydrogens is 392 g/mol. The lowest BCUT2D eigenvalue weighted by Gasteiger charge is -2.30. The van der Waals surface area contributed by atoms with Gasteiger partial charge in [0.05, 0.1) is 26.2 Å².